The van der Waals surface area contributed by atoms with Crippen molar-refractivity contribution in [2.75, 3.05) is 0 Å². The molecule has 0 saturated heterocycles. The predicted molar refractivity (Wildman–Crippen MR) is 166 cm³/mol. The normalized spacial score (nSPS) is 11.8. The molecule has 0 bridgehead atoms. The van der Waals surface area contributed by atoms with E-state index in [2.05, 4.69) is 33.0 Å². The molecule has 2 aromatic carbocycles. The number of aliphatic hydroxyl groups is 2. The van der Waals surface area contributed by atoms with Gasteiger partial charge in [0.1, 0.15) is 6.10 Å². The minimum Gasteiger partial charge on any atom is -0.390 e. The number of benzene rings is 2. The second kappa shape index (κ2) is 24.3. The number of amides is 2. The number of carbonyl (C=O) groups is 3. The molecule has 0 aliphatic heterocycles. The van der Waals surface area contributed by atoms with E-state index in [9.17, 15) is 24.6 Å². The Kier molecular flexibility index (Phi) is 23.4. The van der Waals surface area contributed by atoms with E-state index < -0.39 is 30.1 Å². The summed E-state index contributed by atoms with van der Waals surface area (Å²) in [5.41, 5.74) is 6.30. The molecule has 0 aliphatic carbocycles. The number of ketones is 1. The lowest BCUT2D eigenvalue weighted by Crippen LogP contribution is -2.49. The Bertz CT molecular complexity index is 1010. The maximum atomic E-state index is 12.9. The molecule has 2 amide bonds. The van der Waals surface area contributed by atoms with Crippen LogP contribution in [0.4, 0.5) is 0 Å². The summed E-state index contributed by atoms with van der Waals surface area (Å²) < 4.78 is 0. The summed E-state index contributed by atoms with van der Waals surface area (Å²) in [5.74, 6) is -1.77. The molecule has 0 heterocycles. The van der Waals surface area contributed by atoms with Crippen LogP contribution in [0.3, 0.4) is 0 Å². The Morgan fingerprint density at radius 3 is 1.80 bits per heavy atom. The van der Waals surface area contributed by atoms with Crippen molar-refractivity contribution in [1.82, 2.24) is 5.32 Å². The molecule has 228 valence electrons. The second-order valence-corrected chi connectivity index (χ2v) is 9.24. The lowest BCUT2D eigenvalue weighted by atomic mass is 9.95. The number of nitrogens with zero attached hydrogens (tertiary/aromatic N) is 1. The standard InChI is InChI=1S/C23H25N3O5.2C4H10.C2H6/c1-14(27)16-11-17(22(25)30)13-18(12-16)23(31)26-19(10-15-6-3-2-4-7-15)21(29)20(28)8-5-9-24;2*1-3-4-2;1-2/h2-4,6-7,11-13,19-21,28-29H,5,8,10H2,1H3,(H2,25,30)(H,26,31);2*3-4H2,1-2H3;1-2H3. The number of hydrogen-bond donors (Lipinski definition) is 4. The number of nitriles is 1. The van der Waals surface area contributed by atoms with Gasteiger partial charge in [0.25, 0.3) is 5.91 Å². The van der Waals surface area contributed by atoms with Gasteiger partial charge in [-0.05, 0) is 43.5 Å². The lowest BCUT2D eigenvalue weighted by Gasteiger charge is -2.28. The van der Waals surface area contributed by atoms with Crippen molar-refractivity contribution in [3.8, 4) is 6.07 Å². The van der Waals surface area contributed by atoms with Gasteiger partial charge < -0.3 is 21.3 Å². The molecule has 3 atom stereocenters. The molecule has 8 heteroatoms. The molecule has 0 saturated carbocycles. The van der Waals surface area contributed by atoms with Gasteiger partial charge >= 0.3 is 0 Å². The molecule has 0 fully saturated rings. The van der Waals surface area contributed by atoms with Crippen LogP contribution in [0, 0.1) is 11.3 Å². The smallest absolute Gasteiger partial charge is 0.251 e. The summed E-state index contributed by atoms with van der Waals surface area (Å²) >= 11 is 0. The van der Waals surface area contributed by atoms with E-state index in [1.165, 1.54) is 50.8 Å². The zero-order valence-corrected chi connectivity index (χ0v) is 25.9. The number of Topliss-reactive ketones (excluding diaryl/α,β-unsaturated/α-hetero) is 1. The van der Waals surface area contributed by atoms with Gasteiger partial charge in [-0.2, -0.15) is 5.26 Å². The third kappa shape index (κ3) is 17.0. The molecule has 8 nitrogen and oxygen atoms in total. The second-order valence-electron chi connectivity index (χ2n) is 9.24. The Balaban J connectivity index is 0. The average molecular weight is 570 g/mol. The number of rotatable bonds is 12. The largest absolute Gasteiger partial charge is 0.390 e. The fraction of sp³-hybridized carbons (Fsp3) is 0.515. The minimum absolute atomic E-state index is 0.00654. The number of unbranched alkanes of at least 4 members (excludes halogenated alkanes) is 2. The highest BCUT2D eigenvalue weighted by Gasteiger charge is 2.28. The number of carbonyl (C=O) groups excluding carboxylic acids is 3. The van der Waals surface area contributed by atoms with Gasteiger partial charge in [-0.15, -0.1) is 0 Å². The summed E-state index contributed by atoms with van der Waals surface area (Å²) in [6.45, 7) is 14.0. The van der Waals surface area contributed by atoms with Gasteiger partial charge in [0.2, 0.25) is 5.91 Å². The van der Waals surface area contributed by atoms with E-state index in [4.69, 9.17) is 11.0 Å². The van der Waals surface area contributed by atoms with Gasteiger partial charge in [-0.1, -0.05) is 97.6 Å². The van der Waals surface area contributed by atoms with Gasteiger partial charge in [-0.3, -0.25) is 14.4 Å². The third-order valence-electron chi connectivity index (χ3n) is 5.86. The Morgan fingerprint density at radius 1 is 0.878 bits per heavy atom. The van der Waals surface area contributed by atoms with E-state index >= 15 is 0 Å². The van der Waals surface area contributed by atoms with Gasteiger partial charge in [-0.25, -0.2) is 0 Å². The van der Waals surface area contributed by atoms with E-state index in [0.717, 1.165) is 5.56 Å². The topological polar surface area (TPSA) is 154 Å². The van der Waals surface area contributed by atoms with Crippen molar-refractivity contribution >= 4 is 17.6 Å². The van der Waals surface area contributed by atoms with Crippen molar-refractivity contribution in [2.45, 2.75) is 112 Å². The van der Waals surface area contributed by atoms with Gasteiger partial charge in [0, 0.05) is 23.1 Å². The number of primary amides is 1. The Hall–Kier alpha value is -3.54. The highest BCUT2D eigenvalue weighted by Crippen LogP contribution is 2.15. The summed E-state index contributed by atoms with van der Waals surface area (Å²) in [5, 5.41) is 32.3. The van der Waals surface area contributed by atoms with Crippen LogP contribution in [0.5, 0.6) is 0 Å². The number of nitrogens with two attached hydrogens (primary N) is 1. The first-order valence-corrected chi connectivity index (χ1v) is 14.6. The van der Waals surface area contributed by atoms with E-state index in [1.54, 1.807) is 0 Å². The number of aliphatic hydroxyl groups excluding tert-OH is 2. The van der Waals surface area contributed by atoms with Crippen LogP contribution in [0.25, 0.3) is 0 Å². The predicted octanol–water partition coefficient (Wildman–Crippen LogP) is 5.99. The van der Waals surface area contributed by atoms with Crippen LogP contribution in [0.15, 0.2) is 48.5 Å². The van der Waals surface area contributed by atoms with E-state index in [0.29, 0.717) is 0 Å². The quantitative estimate of drug-likeness (QED) is 0.230. The molecule has 0 aliphatic rings. The fourth-order valence-corrected chi connectivity index (χ4v) is 3.13. The van der Waals surface area contributed by atoms with Crippen LogP contribution in [-0.2, 0) is 6.42 Å². The summed E-state index contributed by atoms with van der Waals surface area (Å²) in [7, 11) is 0. The van der Waals surface area contributed by atoms with Gasteiger partial charge in [0.15, 0.2) is 5.78 Å². The van der Waals surface area contributed by atoms with Crippen LogP contribution < -0.4 is 11.1 Å². The first-order chi connectivity index (χ1) is 19.6. The Morgan fingerprint density at radius 2 is 1.37 bits per heavy atom. The molecule has 2 rings (SSSR count). The van der Waals surface area contributed by atoms with E-state index in [-0.39, 0.29) is 41.7 Å². The first-order valence-electron chi connectivity index (χ1n) is 14.6. The molecule has 0 aromatic heterocycles. The molecule has 2 aromatic rings. The van der Waals surface area contributed by atoms with Crippen molar-refractivity contribution in [1.29, 1.82) is 5.26 Å². The zero-order valence-electron chi connectivity index (χ0n) is 25.9. The molecule has 0 spiro atoms. The monoisotopic (exact) mass is 569 g/mol. The van der Waals surface area contributed by atoms with Crippen molar-refractivity contribution < 1.29 is 24.6 Å². The minimum atomic E-state index is -1.34. The first kappa shape index (κ1) is 39.6. The van der Waals surface area contributed by atoms with Crippen molar-refractivity contribution in [3.63, 3.8) is 0 Å². The number of nitrogens with one attached hydrogen (secondary N) is 1. The molecular formula is C33H51N3O5. The van der Waals surface area contributed by atoms with Crippen LogP contribution in [-0.4, -0.2) is 46.1 Å². The summed E-state index contributed by atoms with van der Waals surface area (Å²) in [6, 6.07) is 14.0. The van der Waals surface area contributed by atoms with Gasteiger partial charge in [0.05, 0.1) is 18.2 Å². The SMILES string of the molecule is CC.CC(=O)c1cc(C(N)=O)cc(C(=O)NC(Cc2ccccc2)C(O)C(O)CCC#N)c1.CCCC.CCCC. The highest BCUT2D eigenvalue weighted by molar-refractivity contribution is 6.04. The summed E-state index contributed by atoms with van der Waals surface area (Å²) in [6.07, 6.45) is 3.02. The Labute approximate surface area is 247 Å². The molecule has 3 unspecified atom stereocenters. The number of hydrogen-bond acceptors (Lipinski definition) is 6. The fourth-order valence-electron chi connectivity index (χ4n) is 3.13. The maximum Gasteiger partial charge on any atom is 0.251 e. The summed E-state index contributed by atoms with van der Waals surface area (Å²) in [4.78, 5) is 36.3. The van der Waals surface area contributed by atoms with Crippen molar-refractivity contribution in [2.24, 2.45) is 5.73 Å². The maximum absolute atomic E-state index is 12.9. The highest BCUT2D eigenvalue weighted by atomic mass is 16.3. The molecule has 5 N–H and O–H groups in total. The van der Waals surface area contributed by atoms with Crippen LogP contribution in [0.2, 0.25) is 0 Å². The molecule has 0 radical (unpaired) electrons. The molecular weight excluding hydrogens is 518 g/mol. The zero-order chi connectivity index (χ0) is 31.8. The van der Waals surface area contributed by atoms with Crippen molar-refractivity contribution in [3.05, 3.63) is 70.8 Å². The van der Waals surface area contributed by atoms with Crippen LogP contribution >= 0.6 is 0 Å². The van der Waals surface area contributed by atoms with E-state index in [1.807, 2.05) is 50.2 Å². The average Bonchev–Trinajstić information content (AvgIpc) is 3.00. The lowest BCUT2D eigenvalue weighted by molar-refractivity contribution is -0.00642. The van der Waals surface area contributed by atoms with Crippen LogP contribution in [0.1, 0.15) is 124 Å². The third-order valence-corrected chi connectivity index (χ3v) is 5.86. The molecule has 41 heavy (non-hydrogen) atoms.